The van der Waals surface area contributed by atoms with Crippen LogP contribution >= 0.6 is 0 Å². The summed E-state index contributed by atoms with van der Waals surface area (Å²) in [6, 6.07) is 12.2. The average Bonchev–Trinajstić information content (AvgIpc) is 3.15. The summed E-state index contributed by atoms with van der Waals surface area (Å²) in [4.78, 5) is 26.8. The lowest BCUT2D eigenvalue weighted by Gasteiger charge is -2.19. The number of carbonyl (C=O) groups is 2. The fraction of sp³-hybridized carbons (Fsp3) is 0.391. The molecule has 1 atom stereocenters. The Labute approximate surface area is 188 Å². The van der Waals surface area contributed by atoms with Crippen LogP contribution in [0.15, 0.2) is 53.4 Å². The molecule has 0 saturated carbocycles. The molecule has 2 aromatic carbocycles. The number of anilines is 1. The van der Waals surface area contributed by atoms with Crippen LogP contribution in [0.2, 0.25) is 0 Å². The predicted molar refractivity (Wildman–Crippen MR) is 120 cm³/mol. The molecule has 1 aliphatic rings. The highest BCUT2D eigenvalue weighted by molar-refractivity contribution is 7.89. The summed E-state index contributed by atoms with van der Waals surface area (Å²) in [6.07, 6.45) is 0.715. The lowest BCUT2D eigenvalue weighted by Crippen LogP contribution is -2.30. The number of sulfonamides is 1. The van der Waals surface area contributed by atoms with Gasteiger partial charge < -0.3 is 10.2 Å². The predicted octanol–water partition coefficient (Wildman–Crippen LogP) is 2.89. The van der Waals surface area contributed by atoms with E-state index in [9.17, 15) is 22.4 Å². The second-order valence-corrected chi connectivity index (χ2v) is 9.66. The zero-order chi connectivity index (χ0) is 23.3. The van der Waals surface area contributed by atoms with Gasteiger partial charge in [0.2, 0.25) is 21.8 Å². The molecule has 0 radical (unpaired) electrons. The van der Waals surface area contributed by atoms with Gasteiger partial charge in [-0.25, -0.2) is 12.8 Å². The second-order valence-electron chi connectivity index (χ2n) is 7.72. The van der Waals surface area contributed by atoms with Crippen LogP contribution in [0, 0.1) is 11.7 Å². The maximum atomic E-state index is 13.0. The minimum absolute atomic E-state index is 0.0899. The molecule has 1 saturated heterocycles. The van der Waals surface area contributed by atoms with Crippen LogP contribution < -0.4 is 5.32 Å². The normalized spacial score (nSPS) is 16.6. The smallest absolute Gasteiger partial charge is 0.243 e. The van der Waals surface area contributed by atoms with Gasteiger partial charge in [-0.1, -0.05) is 26.0 Å². The number of nitrogens with one attached hydrogen (secondary N) is 1. The number of rotatable bonds is 9. The molecule has 2 aromatic rings. The van der Waals surface area contributed by atoms with E-state index in [-0.39, 0.29) is 28.9 Å². The van der Waals surface area contributed by atoms with Crippen LogP contribution in [0.4, 0.5) is 10.1 Å². The first-order valence-corrected chi connectivity index (χ1v) is 12.1. The molecule has 1 unspecified atom stereocenters. The maximum Gasteiger partial charge on any atom is 0.243 e. The SMILES string of the molecule is CCN(CC)S(=O)(=O)c1ccc(NC(=O)C2CC(=O)N(CCc3ccc(F)cc3)C2)cc1. The first-order valence-electron chi connectivity index (χ1n) is 10.7. The molecule has 0 bridgehead atoms. The minimum Gasteiger partial charge on any atom is -0.342 e. The van der Waals surface area contributed by atoms with Gasteiger partial charge in [-0.05, 0) is 48.4 Å². The third-order valence-electron chi connectivity index (χ3n) is 5.63. The van der Waals surface area contributed by atoms with E-state index in [4.69, 9.17) is 0 Å². The van der Waals surface area contributed by atoms with Gasteiger partial charge in [0.15, 0.2) is 0 Å². The number of benzene rings is 2. The van der Waals surface area contributed by atoms with Gasteiger partial charge in [-0.3, -0.25) is 9.59 Å². The summed E-state index contributed by atoms with van der Waals surface area (Å²) in [5, 5.41) is 2.77. The second kappa shape index (κ2) is 10.2. The molecule has 1 N–H and O–H groups in total. The molecule has 0 aliphatic carbocycles. The van der Waals surface area contributed by atoms with Gasteiger partial charge >= 0.3 is 0 Å². The molecular weight excluding hydrogens is 433 g/mol. The molecule has 2 amide bonds. The Kier molecular flexibility index (Phi) is 7.63. The van der Waals surface area contributed by atoms with Crippen molar-refractivity contribution in [1.29, 1.82) is 0 Å². The van der Waals surface area contributed by atoms with Gasteiger partial charge in [0, 0.05) is 38.3 Å². The molecule has 9 heteroatoms. The van der Waals surface area contributed by atoms with Crippen molar-refractivity contribution in [3.05, 3.63) is 59.9 Å². The lowest BCUT2D eigenvalue weighted by atomic mass is 10.1. The summed E-state index contributed by atoms with van der Waals surface area (Å²) < 4.78 is 39.5. The van der Waals surface area contributed by atoms with Crippen molar-refractivity contribution < 1.29 is 22.4 Å². The van der Waals surface area contributed by atoms with E-state index >= 15 is 0 Å². The highest BCUT2D eigenvalue weighted by atomic mass is 32.2. The molecule has 32 heavy (non-hydrogen) atoms. The summed E-state index contributed by atoms with van der Waals surface area (Å²) >= 11 is 0. The van der Waals surface area contributed by atoms with E-state index in [1.54, 1.807) is 43.0 Å². The molecule has 1 aliphatic heterocycles. The first kappa shape index (κ1) is 23.9. The Balaban J connectivity index is 1.56. The van der Waals surface area contributed by atoms with Gasteiger partial charge in [0.05, 0.1) is 10.8 Å². The van der Waals surface area contributed by atoms with Crippen LogP contribution in [0.5, 0.6) is 0 Å². The summed E-state index contributed by atoms with van der Waals surface area (Å²) in [6.45, 7) is 5.10. The van der Waals surface area contributed by atoms with E-state index < -0.39 is 15.9 Å². The standard InChI is InChI=1S/C23H28FN3O4S/c1-3-27(4-2)32(30,31)21-11-9-20(10-12-21)25-23(29)18-15-22(28)26(16-18)14-13-17-5-7-19(24)8-6-17/h5-12,18H,3-4,13-16H2,1-2H3,(H,25,29). The Morgan fingerprint density at radius 3 is 2.31 bits per heavy atom. The quantitative estimate of drug-likeness (QED) is 0.622. The van der Waals surface area contributed by atoms with Gasteiger partial charge in [-0.2, -0.15) is 4.31 Å². The lowest BCUT2D eigenvalue weighted by molar-refractivity contribution is -0.128. The van der Waals surface area contributed by atoms with Crippen LogP contribution in [0.1, 0.15) is 25.8 Å². The summed E-state index contributed by atoms with van der Waals surface area (Å²) in [7, 11) is -3.56. The van der Waals surface area contributed by atoms with Crippen LogP contribution in [-0.4, -0.2) is 55.6 Å². The van der Waals surface area contributed by atoms with Crippen molar-refractivity contribution in [2.75, 3.05) is 31.5 Å². The number of hydrogen-bond donors (Lipinski definition) is 1. The van der Waals surface area contributed by atoms with Crippen molar-refractivity contribution in [3.63, 3.8) is 0 Å². The molecule has 3 rings (SSSR count). The van der Waals surface area contributed by atoms with Crippen molar-refractivity contribution >= 4 is 27.5 Å². The number of hydrogen-bond acceptors (Lipinski definition) is 4. The summed E-state index contributed by atoms with van der Waals surface area (Å²) in [5.74, 6) is -1.15. The Morgan fingerprint density at radius 1 is 1.09 bits per heavy atom. The fourth-order valence-electron chi connectivity index (χ4n) is 3.75. The third-order valence-corrected chi connectivity index (χ3v) is 7.70. The van der Waals surface area contributed by atoms with E-state index in [0.717, 1.165) is 5.56 Å². The Hall–Kier alpha value is -2.78. The first-order chi connectivity index (χ1) is 15.2. The van der Waals surface area contributed by atoms with Gasteiger partial charge in [0.1, 0.15) is 5.82 Å². The van der Waals surface area contributed by atoms with E-state index in [2.05, 4.69) is 5.32 Å². The number of carbonyl (C=O) groups excluding carboxylic acids is 2. The van der Waals surface area contributed by atoms with E-state index in [0.29, 0.717) is 38.3 Å². The van der Waals surface area contributed by atoms with Crippen LogP contribution in [0.25, 0.3) is 0 Å². The molecular formula is C23H28FN3O4S. The zero-order valence-corrected chi connectivity index (χ0v) is 19.1. The zero-order valence-electron chi connectivity index (χ0n) is 18.3. The largest absolute Gasteiger partial charge is 0.342 e. The van der Waals surface area contributed by atoms with E-state index in [1.165, 1.54) is 28.6 Å². The molecule has 172 valence electrons. The van der Waals surface area contributed by atoms with Gasteiger partial charge in [0.25, 0.3) is 0 Å². The molecule has 1 fully saturated rings. The highest BCUT2D eigenvalue weighted by Crippen LogP contribution is 2.22. The molecule has 0 spiro atoms. The van der Waals surface area contributed by atoms with Crippen molar-refractivity contribution in [1.82, 2.24) is 9.21 Å². The third kappa shape index (κ3) is 5.52. The number of halogens is 1. The Morgan fingerprint density at radius 2 is 1.72 bits per heavy atom. The summed E-state index contributed by atoms with van der Waals surface area (Å²) in [5.41, 5.74) is 1.40. The topological polar surface area (TPSA) is 86.8 Å². The monoisotopic (exact) mass is 461 g/mol. The number of amides is 2. The van der Waals surface area contributed by atoms with E-state index in [1.807, 2.05) is 0 Å². The number of nitrogens with zero attached hydrogens (tertiary/aromatic N) is 2. The van der Waals surface area contributed by atoms with Crippen molar-refractivity contribution in [2.24, 2.45) is 5.92 Å². The highest BCUT2D eigenvalue weighted by Gasteiger charge is 2.34. The molecule has 0 aromatic heterocycles. The number of likely N-dealkylation sites (tertiary alicyclic amines) is 1. The van der Waals surface area contributed by atoms with Gasteiger partial charge in [-0.15, -0.1) is 0 Å². The fourth-order valence-corrected chi connectivity index (χ4v) is 5.20. The van der Waals surface area contributed by atoms with Crippen LogP contribution in [-0.2, 0) is 26.0 Å². The van der Waals surface area contributed by atoms with Crippen molar-refractivity contribution in [3.8, 4) is 0 Å². The average molecular weight is 462 g/mol. The minimum atomic E-state index is -3.56. The van der Waals surface area contributed by atoms with Crippen molar-refractivity contribution in [2.45, 2.75) is 31.6 Å². The maximum absolute atomic E-state index is 13.0. The molecule has 1 heterocycles. The van der Waals surface area contributed by atoms with Crippen LogP contribution in [0.3, 0.4) is 0 Å². The Bertz CT molecular complexity index is 1050. The molecule has 7 nitrogen and oxygen atoms in total.